The zero-order valence-electron chi connectivity index (χ0n) is 8.20. The maximum Gasteiger partial charge on any atom is 0.401 e. The number of benzene rings is 1. The lowest BCUT2D eigenvalue weighted by Gasteiger charge is -2.24. The van der Waals surface area contributed by atoms with Crippen LogP contribution in [-0.2, 0) is 4.79 Å². The van der Waals surface area contributed by atoms with Crippen molar-refractivity contribution in [2.45, 2.75) is 18.1 Å². The maximum atomic E-state index is 12.7. The average Bonchev–Trinajstić information content (AvgIpc) is 2.17. The molecule has 0 aliphatic heterocycles. The first-order valence-corrected chi connectivity index (χ1v) is 4.49. The van der Waals surface area contributed by atoms with Crippen molar-refractivity contribution in [3.8, 4) is 0 Å². The lowest BCUT2D eigenvalue weighted by Crippen LogP contribution is -2.72. The van der Waals surface area contributed by atoms with Gasteiger partial charge in [-0.05, 0) is 5.56 Å². The molecule has 0 heterocycles. The molecule has 16 heavy (non-hydrogen) atoms. The molecule has 0 saturated carbocycles. The van der Waals surface area contributed by atoms with Gasteiger partial charge in [0.1, 0.15) is 17.9 Å². The van der Waals surface area contributed by atoms with Gasteiger partial charge in [0.15, 0.2) is 0 Å². The Bertz CT molecular complexity index is 364. The highest BCUT2D eigenvalue weighted by molar-refractivity contribution is 5.71. The largest absolute Gasteiger partial charge is 0.544 e. The van der Waals surface area contributed by atoms with E-state index in [9.17, 15) is 23.1 Å². The zero-order valence-corrected chi connectivity index (χ0v) is 8.20. The van der Waals surface area contributed by atoms with Crippen molar-refractivity contribution in [1.82, 2.24) is 0 Å². The van der Waals surface area contributed by atoms with Gasteiger partial charge in [-0.2, -0.15) is 13.2 Å². The summed E-state index contributed by atoms with van der Waals surface area (Å²) in [6.07, 6.45) is -4.66. The van der Waals surface area contributed by atoms with Crippen LogP contribution in [0, 0.1) is 0 Å². The number of hydrogen-bond acceptors (Lipinski definition) is 2. The van der Waals surface area contributed by atoms with E-state index < -0.39 is 24.1 Å². The third-order valence-electron chi connectivity index (χ3n) is 2.22. The highest BCUT2D eigenvalue weighted by Gasteiger charge is 2.47. The van der Waals surface area contributed by atoms with Crippen LogP contribution >= 0.6 is 0 Å². The first kappa shape index (κ1) is 12.5. The number of carbonyl (C=O) groups excluding carboxylic acids is 1. The molecule has 0 saturated heterocycles. The normalized spacial score (nSPS) is 15.5. The Kier molecular flexibility index (Phi) is 3.54. The van der Waals surface area contributed by atoms with Crippen molar-refractivity contribution in [3.63, 3.8) is 0 Å². The van der Waals surface area contributed by atoms with Gasteiger partial charge in [0, 0.05) is 0 Å². The minimum Gasteiger partial charge on any atom is -0.544 e. The Labute approximate surface area is 89.7 Å². The van der Waals surface area contributed by atoms with E-state index in [2.05, 4.69) is 5.73 Å². The number of rotatable bonds is 3. The molecule has 0 bridgehead atoms. The number of quaternary nitrogens is 1. The van der Waals surface area contributed by atoms with Crippen LogP contribution in [0.15, 0.2) is 30.3 Å². The fraction of sp³-hybridized carbons (Fsp3) is 0.300. The topological polar surface area (TPSA) is 67.8 Å². The molecule has 6 heteroatoms. The number of halogens is 3. The van der Waals surface area contributed by atoms with Crippen molar-refractivity contribution in [2.75, 3.05) is 0 Å². The van der Waals surface area contributed by atoms with E-state index in [1.807, 2.05) is 0 Å². The van der Waals surface area contributed by atoms with Gasteiger partial charge in [0.25, 0.3) is 0 Å². The predicted molar refractivity (Wildman–Crippen MR) is 46.9 cm³/mol. The molecule has 1 aromatic carbocycles. The van der Waals surface area contributed by atoms with Gasteiger partial charge in [0.2, 0.25) is 0 Å². The zero-order chi connectivity index (χ0) is 12.3. The SMILES string of the molecule is [NH3+][C@@H](C(=O)[O-])[C@H](c1ccccc1)C(F)(F)F. The Morgan fingerprint density at radius 2 is 1.75 bits per heavy atom. The fourth-order valence-corrected chi connectivity index (χ4v) is 1.45. The minimum absolute atomic E-state index is 0.126. The lowest BCUT2D eigenvalue weighted by atomic mass is 9.91. The van der Waals surface area contributed by atoms with Crippen LogP contribution in [0.25, 0.3) is 0 Å². The summed E-state index contributed by atoms with van der Waals surface area (Å²) in [5.74, 6) is -3.95. The summed E-state index contributed by atoms with van der Waals surface area (Å²) >= 11 is 0. The fourth-order valence-electron chi connectivity index (χ4n) is 1.45. The summed E-state index contributed by atoms with van der Waals surface area (Å²) in [5, 5.41) is 10.5. The first-order valence-electron chi connectivity index (χ1n) is 4.49. The van der Waals surface area contributed by atoms with Gasteiger partial charge in [-0.25, -0.2) is 0 Å². The predicted octanol–water partition coefficient (Wildman–Crippen LogP) is -0.307. The molecule has 0 radical (unpaired) electrons. The second-order valence-corrected chi connectivity index (χ2v) is 3.36. The van der Waals surface area contributed by atoms with E-state index in [0.29, 0.717) is 0 Å². The molecule has 0 amide bonds. The summed E-state index contributed by atoms with van der Waals surface area (Å²) in [5.41, 5.74) is 2.87. The van der Waals surface area contributed by atoms with Gasteiger partial charge in [-0.3, -0.25) is 0 Å². The quantitative estimate of drug-likeness (QED) is 0.778. The molecule has 3 N–H and O–H groups in total. The third kappa shape index (κ3) is 2.73. The number of hydrogen-bond donors (Lipinski definition) is 1. The van der Waals surface area contributed by atoms with E-state index in [1.54, 1.807) is 6.07 Å². The Hall–Kier alpha value is -1.56. The van der Waals surface area contributed by atoms with Crippen molar-refractivity contribution < 1.29 is 28.8 Å². The standard InChI is InChI=1S/C10H10F3NO2/c11-10(12,13)7(8(14)9(15)16)6-4-2-1-3-5-6/h1-5,7-8H,14H2,(H,15,16)/t7-,8+/m0/s1. The van der Waals surface area contributed by atoms with Crippen LogP contribution in [0.5, 0.6) is 0 Å². The van der Waals surface area contributed by atoms with E-state index >= 15 is 0 Å². The molecule has 0 spiro atoms. The Balaban J connectivity index is 3.12. The maximum absolute atomic E-state index is 12.7. The summed E-state index contributed by atoms with van der Waals surface area (Å²) in [6, 6.07) is 4.96. The number of alkyl halides is 3. The molecular weight excluding hydrogens is 223 g/mol. The van der Waals surface area contributed by atoms with Crippen molar-refractivity contribution >= 4 is 5.97 Å². The molecule has 1 rings (SSSR count). The summed E-state index contributed by atoms with van der Waals surface area (Å²) in [4.78, 5) is 10.5. The Morgan fingerprint density at radius 1 is 1.25 bits per heavy atom. The molecule has 0 fully saturated rings. The molecule has 0 aromatic heterocycles. The van der Waals surface area contributed by atoms with E-state index in [1.165, 1.54) is 24.3 Å². The van der Waals surface area contributed by atoms with Gasteiger partial charge in [-0.15, -0.1) is 0 Å². The molecule has 1 aromatic rings. The van der Waals surface area contributed by atoms with E-state index in [-0.39, 0.29) is 5.56 Å². The second-order valence-electron chi connectivity index (χ2n) is 3.36. The van der Waals surface area contributed by atoms with E-state index in [4.69, 9.17) is 0 Å². The van der Waals surface area contributed by atoms with Crippen LogP contribution in [0.4, 0.5) is 13.2 Å². The lowest BCUT2D eigenvalue weighted by molar-refractivity contribution is -0.453. The highest BCUT2D eigenvalue weighted by Crippen LogP contribution is 2.35. The van der Waals surface area contributed by atoms with Crippen molar-refractivity contribution in [1.29, 1.82) is 0 Å². The van der Waals surface area contributed by atoms with Gasteiger partial charge in [-0.1, -0.05) is 30.3 Å². The van der Waals surface area contributed by atoms with Crippen molar-refractivity contribution in [3.05, 3.63) is 35.9 Å². The van der Waals surface area contributed by atoms with Crippen molar-refractivity contribution in [2.24, 2.45) is 0 Å². The molecular formula is C10H10F3NO2. The van der Waals surface area contributed by atoms with Gasteiger partial charge >= 0.3 is 6.18 Å². The summed E-state index contributed by atoms with van der Waals surface area (Å²) in [6.45, 7) is 0. The molecule has 88 valence electrons. The molecule has 0 aliphatic rings. The third-order valence-corrected chi connectivity index (χ3v) is 2.22. The van der Waals surface area contributed by atoms with Crippen LogP contribution in [0.2, 0.25) is 0 Å². The number of carboxylic acids is 1. The number of carbonyl (C=O) groups is 1. The highest BCUT2D eigenvalue weighted by atomic mass is 19.4. The monoisotopic (exact) mass is 233 g/mol. The first-order chi connectivity index (χ1) is 7.34. The van der Waals surface area contributed by atoms with Crippen LogP contribution < -0.4 is 10.8 Å². The molecule has 0 aliphatic carbocycles. The average molecular weight is 233 g/mol. The number of carboxylic acid groups (broad SMARTS) is 1. The molecule has 3 nitrogen and oxygen atoms in total. The smallest absolute Gasteiger partial charge is 0.401 e. The number of aliphatic carboxylic acids is 1. The van der Waals surface area contributed by atoms with Crippen LogP contribution in [0.3, 0.4) is 0 Å². The van der Waals surface area contributed by atoms with Crippen LogP contribution in [0.1, 0.15) is 11.5 Å². The summed E-state index contributed by atoms with van der Waals surface area (Å²) < 4.78 is 38.1. The molecule has 0 unspecified atom stereocenters. The second kappa shape index (κ2) is 4.52. The van der Waals surface area contributed by atoms with Gasteiger partial charge in [0.05, 0.1) is 0 Å². The van der Waals surface area contributed by atoms with E-state index in [0.717, 1.165) is 0 Å². The van der Waals surface area contributed by atoms with Gasteiger partial charge < -0.3 is 15.6 Å². The minimum atomic E-state index is -4.66. The Morgan fingerprint density at radius 3 is 2.12 bits per heavy atom. The summed E-state index contributed by atoms with van der Waals surface area (Å²) in [7, 11) is 0. The molecule has 2 atom stereocenters. The van der Waals surface area contributed by atoms with Crippen LogP contribution in [-0.4, -0.2) is 18.2 Å².